The predicted octanol–water partition coefficient (Wildman–Crippen LogP) is 2.97. The molecule has 2 rings (SSSR count). The maximum absolute atomic E-state index is 5.87. The van der Waals surface area contributed by atoms with Gasteiger partial charge in [0.15, 0.2) is 0 Å². The molecule has 1 saturated carbocycles. The van der Waals surface area contributed by atoms with Gasteiger partial charge in [-0.1, -0.05) is 6.92 Å². The number of aliphatic imine (C=N–C) groups is 1. The number of anilines is 1. The molecule has 0 aliphatic heterocycles. The summed E-state index contributed by atoms with van der Waals surface area (Å²) in [6.45, 7) is 4.29. The lowest BCUT2D eigenvalue weighted by molar-refractivity contribution is 0.350. The Hall–Kier alpha value is -1.38. The first kappa shape index (κ1) is 12.1. The number of hydrogen-bond donors (Lipinski definition) is 1. The number of nitrogens with two attached hydrogens (primary N) is 1. The van der Waals surface area contributed by atoms with E-state index in [9.17, 15) is 0 Å². The van der Waals surface area contributed by atoms with Crippen molar-refractivity contribution < 1.29 is 0 Å². The van der Waals surface area contributed by atoms with Crippen molar-refractivity contribution in [3.8, 4) is 0 Å². The maximum Gasteiger partial charge on any atom is 0.0589 e. The number of nitrogens with zero attached hydrogens (tertiary/aromatic N) is 2. The highest BCUT2D eigenvalue weighted by atomic mass is 14.8. The average Bonchev–Trinajstić information content (AvgIpc) is 2.32. The number of nitrogen functional groups attached to an aromatic ring is 1. The second kappa shape index (κ2) is 5.30. The van der Waals surface area contributed by atoms with E-state index in [-0.39, 0.29) is 0 Å². The largest absolute Gasteiger partial charge is 0.397 e. The molecule has 0 spiro atoms. The van der Waals surface area contributed by atoms with E-state index in [0.29, 0.717) is 11.7 Å². The Morgan fingerprint density at radius 1 is 1.35 bits per heavy atom. The van der Waals surface area contributed by atoms with E-state index in [0.717, 1.165) is 17.2 Å². The molecule has 0 atom stereocenters. The Morgan fingerprint density at radius 2 is 2.06 bits per heavy atom. The van der Waals surface area contributed by atoms with Gasteiger partial charge in [-0.25, -0.2) is 0 Å². The normalized spacial score (nSPS) is 25.3. The van der Waals surface area contributed by atoms with Crippen molar-refractivity contribution in [3.05, 3.63) is 23.5 Å². The zero-order valence-corrected chi connectivity index (χ0v) is 10.7. The summed E-state index contributed by atoms with van der Waals surface area (Å²) in [5, 5.41) is 0. The summed E-state index contributed by atoms with van der Waals surface area (Å²) < 4.78 is 0. The third-order valence-electron chi connectivity index (χ3n) is 3.51. The van der Waals surface area contributed by atoms with Crippen LogP contribution < -0.4 is 5.73 Å². The molecule has 1 aromatic rings. The minimum absolute atomic E-state index is 0.485. The number of aromatic nitrogens is 1. The quantitative estimate of drug-likeness (QED) is 0.795. The molecule has 17 heavy (non-hydrogen) atoms. The first-order chi connectivity index (χ1) is 8.15. The summed E-state index contributed by atoms with van der Waals surface area (Å²) >= 11 is 0. The van der Waals surface area contributed by atoms with Gasteiger partial charge >= 0.3 is 0 Å². The number of hydrogen-bond acceptors (Lipinski definition) is 3. The molecule has 0 amide bonds. The Kier molecular flexibility index (Phi) is 3.77. The summed E-state index contributed by atoms with van der Waals surface area (Å²) in [6.07, 6.45) is 8.65. The van der Waals surface area contributed by atoms with Crippen LogP contribution >= 0.6 is 0 Å². The molecular weight excluding hydrogens is 210 g/mol. The standard InChI is InChI=1S/C14H21N3/c1-10-3-5-13(6-4-10)17-8-12-7-11(2)16-9-14(12)15/h7-10,13H,3-6,15H2,1-2H3. The van der Waals surface area contributed by atoms with Crippen molar-refractivity contribution in [2.45, 2.75) is 45.6 Å². The number of rotatable bonds is 2. The monoisotopic (exact) mass is 231 g/mol. The molecule has 1 heterocycles. The Bertz CT molecular complexity index is 404. The molecule has 3 heteroatoms. The molecule has 3 nitrogen and oxygen atoms in total. The Balaban J connectivity index is 2.02. The van der Waals surface area contributed by atoms with Crippen LogP contribution in [-0.2, 0) is 0 Å². The van der Waals surface area contributed by atoms with Crippen LogP contribution in [0.1, 0.15) is 43.9 Å². The number of aryl methyl sites for hydroxylation is 1. The Morgan fingerprint density at radius 3 is 2.76 bits per heavy atom. The fourth-order valence-electron chi connectivity index (χ4n) is 2.28. The van der Waals surface area contributed by atoms with Crippen molar-refractivity contribution in [3.63, 3.8) is 0 Å². The van der Waals surface area contributed by atoms with Gasteiger partial charge in [-0.15, -0.1) is 0 Å². The molecule has 0 radical (unpaired) electrons. The minimum atomic E-state index is 0.485. The second-order valence-corrected chi connectivity index (χ2v) is 5.15. The molecule has 1 fully saturated rings. The van der Waals surface area contributed by atoms with Crippen molar-refractivity contribution in [2.75, 3.05) is 5.73 Å². The highest BCUT2D eigenvalue weighted by Gasteiger charge is 2.16. The topological polar surface area (TPSA) is 51.3 Å². The van der Waals surface area contributed by atoms with Crippen molar-refractivity contribution >= 4 is 11.9 Å². The molecular formula is C14H21N3. The van der Waals surface area contributed by atoms with Crippen LogP contribution in [0.5, 0.6) is 0 Å². The highest BCUT2D eigenvalue weighted by Crippen LogP contribution is 2.25. The number of pyridine rings is 1. The maximum atomic E-state index is 5.87. The smallest absolute Gasteiger partial charge is 0.0589 e. The lowest BCUT2D eigenvalue weighted by Crippen LogP contribution is -2.15. The van der Waals surface area contributed by atoms with Gasteiger partial charge < -0.3 is 5.73 Å². The van der Waals surface area contributed by atoms with E-state index in [2.05, 4.69) is 16.9 Å². The van der Waals surface area contributed by atoms with Gasteiger partial charge in [0.2, 0.25) is 0 Å². The van der Waals surface area contributed by atoms with Gasteiger partial charge in [-0.2, -0.15) is 0 Å². The molecule has 0 saturated heterocycles. The van der Waals surface area contributed by atoms with Gasteiger partial charge in [0.25, 0.3) is 0 Å². The van der Waals surface area contributed by atoms with Crippen LogP contribution in [0, 0.1) is 12.8 Å². The van der Waals surface area contributed by atoms with Crippen LogP contribution in [0.2, 0.25) is 0 Å². The first-order valence-corrected chi connectivity index (χ1v) is 6.40. The zero-order valence-electron chi connectivity index (χ0n) is 10.7. The molecule has 92 valence electrons. The van der Waals surface area contributed by atoms with Gasteiger partial charge in [-0.3, -0.25) is 9.98 Å². The van der Waals surface area contributed by atoms with Gasteiger partial charge in [0, 0.05) is 23.5 Å². The first-order valence-electron chi connectivity index (χ1n) is 6.40. The van der Waals surface area contributed by atoms with Crippen molar-refractivity contribution in [1.82, 2.24) is 4.98 Å². The SMILES string of the molecule is Cc1cc(C=NC2CCC(C)CC2)c(N)cn1. The molecule has 1 aromatic heterocycles. The molecule has 1 aliphatic carbocycles. The van der Waals surface area contributed by atoms with E-state index < -0.39 is 0 Å². The summed E-state index contributed by atoms with van der Waals surface area (Å²) in [4.78, 5) is 8.81. The van der Waals surface area contributed by atoms with Crippen LogP contribution in [-0.4, -0.2) is 17.2 Å². The summed E-state index contributed by atoms with van der Waals surface area (Å²) in [6, 6.07) is 2.48. The molecule has 2 N–H and O–H groups in total. The van der Waals surface area contributed by atoms with E-state index in [1.807, 2.05) is 19.2 Å². The van der Waals surface area contributed by atoms with Gasteiger partial charge in [0.05, 0.1) is 11.9 Å². The van der Waals surface area contributed by atoms with Crippen LogP contribution in [0.15, 0.2) is 17.3 Å². The van der Waals surface area contributed by atoms with Gasteiger partial charge in [0.1, 0.15) is 0 Å². The van der Waals surface area contributed by atoms with E-state index in [1.165, 1.54) is 25.7 Å². The van der Waals surface area contributed by atoms with Crippen molar-refractivity contribution in [2.24, 2.45) is 10.9 Å². The lowest BCUT2D eigenvalue weighted by Gasteiger charge is -2.22. The van der Waals surface area contributed by atoms with E-state index >= 15 is 0 Å². The molecule has 0 unspecified atom stereocenters. The third kappa shape index (κ3) is 3.29. The molecule has 0 aromatic carbocycles. The summed E-state index contributed by atoms with van der Waals surface area (Å²) in [5.74, 6) is 0.870. The Labute approximate surface area is 103 Å². The zero-order chi connectivity index (χ0) is 12.3. The third-order valence-corrected chi connectivity index (χ3v) is 3.51. The summed E-state index contributed by atoms with van der Waals surface area (Å²) in [5.41, 5.74) is 8.57. The fourth-order valence-corrected chi connectivity index (χ4v) is 2.28. The highest BCUT2D eigenvalue weighted by molar-refractivity contribution is 5.86. The van der Waals surface area contributed by atoms with E-state index in [4.69, 9.17) is 5.73 Å². The second-order valence-electron chi connectivity index (χ2n) is 5.15. The molecule has 1 aliphatic rings. The average molecular weight is 231 g/mol. The fraction of sp³-hybridized carbons (Fsp3) is 0.571. The summed E-state index contributed by atoms with van der Waals surface area (Å²) in [7, 11) is 0. The lowest BCUT2D eigenvalue weighted by atomic mass is 9.88. The van der Waals surface area contributed by atoms with E-state index in [1.54, 1.807) is 6.20 Å². The van der Waals surface area contributed by atoms with Crippen LogP contribution in [0.25, 0.3) is 0 Å². The van der Waals surface area contributed by atoms with Gasteiger partial charge in [-0.05, 0) is 44.6 Å². The van der Waals surface area contributed by atoms with Crippen LogP contribution in [0.3, 0.4) is 0 Å². The predicted molar refractivity (Wildman–Crippen MR) is 72.4 cm³/mol. The van der Waals surface area contributed by atoms with Crippen molar-refractivity contribution in [1.29, 1.82) is 0 Å². The van der Waals surface area contributed by atoms with Crippen LogP contribution in [0.4, 0.5) is 5.69 Å². The molecule has 0 bridgehead atoms. The minimum Gasteiger partial charge on any atom is -0.397 e.